The van der Waals surface area contributed by atoms with E-state index < -0.39 is 0 Å². The van der Waals surface area contributed by atoms with Gasteiger partial charge in [-0.15, -0.1) is 0 Å². The van der Waals surface area contributed by atoms with Gasteiger partial charge in [0.15, 0.2) is 0 Å². The summed E-state index contributed by atoms with van der Waals surface area (Å²) in [5, 5.41) is 1.36. The maximum atomic E-state index is 3.57. The lowest BCUT2D eigenvalue weighted by molar-refractivity contribution is 0.761. The van der Waals surface area contributed by atoms with Crippen LogP contribution in [0.4, 0.5) is 0 Å². The Kier molecular flexibility index (Phi) is 1.60. The molecule has 0 saturated heterocycles. The van der Waals surface area contributed by atoms with Gasteiger partial charge in [0.05, 0.1) is 0 Å². The molecule has 1 nitrogen and oxygen atoms in total. The Bertz CT molecular complexity index is 491. The molecule has 78 valence electrons. The molecular weight excluding hydrogens is 182 g/mol. The molecule has 0 unspecified atom stereocenters. The summed E-state index contributed by atoms with van der Waals surface area (Å²) in [6.45, 7) is 6.70. The topological polar surface area (TPSA) is 15.8 Å². The van der Waals surface area contributed by atoms with Crippen LogP contribution in [0.1, 0.15) is 36.6 Å². The van der Waals surface area contributed by atoms with Gasteiger partial charge in [-0.1, -0.05) is 6.92 Å². The molecule has 1 aromatic heterocycles. The maximum absolute atomic E-state index is 3.57. The molecule has 1 heterocycles. The summed E-state index contributed by atoms with van der Waals surface area (Å²) >= 11 is 0. The molecule has 0 bridgehead atoms. The van der Waals surface area contributed by atoms with E-state index >= 15 is 0 Å². The molecule has 0 amide bonds. The van der Waals surface area contributed by atoms with Gasteiger partial charge in [0.25, 0.3) is 0 Å². The van der Waals surface area contributed by atoms with Crippen LogP contribution in [0.25, 0.3) is 10.9 Å². The smallest absolute Gasteiger partial charge is 0.0459 e. The van der Waals surface area contributed by atoms with Crippen molar-refractivity contribution in [1.29, 1.82) is 0 Å². The van der Waals surface area contributed by atoms with Gasteiger partial charge in [0.1, 0.15) is 0 Å². The molecule has 0 radical (unpaired) electrons. The largest absolute Gasteiger partial charge is 0.358 e. The number of nitrogens with one attached hydrogen (secondary N) is 1. The van der Waals surface area contributed by atoms with Crippen molar-refractivity contribution < 1.29 is 0 Å². The van der Waals surface area contributed by atoms with Crippen molar-refractivity contribution in [3.8, 4) is 0 Å². The number of aromatic nitrogens is 1. The standard InChI is InChI=1S/C14H17N/c1-9-6-11-8-13(14(3)4-5-14)15-12(11)7-10(9)2/h6-8,15H,4-5H2,1-3H3. The number of aryl methyl sites for hydroxylation is 2. The summed E-state index contributed by atoms with van der Waals surface area (Å²) < 4.78 is 0. The van der Waals surface area contributed by atoms with Crippen LogP contribution in [0.5, 0.6) is 0 Å². The zero-order valence-electron chi connectivity index (χ0n) is 9.65. The SMILES string of the molecule is Cc1cc2cc(C3(C)CC3)[nH]c2cc1C. The highest BCUT2D eigenvalue weighted by Gasteiger charge is 2.40. The predicted molar refractivity (Wildman–Crippen MR) is 64.4 cm³/mol. The lowest BCUT2D eigenvalue weighted by Gasteiger charge is -2.02. The van der Waals surface area contributed by atoms with E-state index in [1.807, 2.05) is 0 Å². The van der Waals surface area contributed by atoms with Crippen molar-refractivity contribution in [2.45, 2.75) is 39.0 Å². The summed E-state index contributed by atoms with van der Waals surface area (Å²) in [5.74, 6) is 0. The number of H-pyrrole nitrogens is 1. The van der Waals surface area contributed by atoms with Crippen LogP contribution in [0.2, 0.25) is 0 Å². The quantitative estimate of drug-likeness (QED) is 0.718. The first-order valence-corrected chi connectivity index (χ1v) is 5.69. The average molecular weight is 199 g/mol. The molecule has 1 fully saturated rings. The maximum Gasteiger partial charge on any atom is 0.0459 e. The molecule has 1 aromatic carbocycles. The van der Waals surface area contributed by atoms with Crippen LogP contribution in [-0.2, 0) is 5.41 Å². The Morgan fingerprint density at radius 2 is 1.73 bits per heavy atom. The van der Waals surface area contributed by atoms with Gasteiger partial charge in [0, 0.05) is 16.6 Å². The van der Waals surface area contributed by atoms with E-state index in [-0.39, 0.29) is 0 Å². The van der Waals surface area contributed by atoms with E-state index in [2.05, 4.69) is 44.0 Å². The first kappa shape index (κ1) is 9.02. The molecule has 1 heteroatoms. The van der Waals surface area contributed by atoms with Crippen molar-refractivity contribution in [3.05, 3.63) is 35.0 Å². The zero-order chi connectivity index (χ0) is 10.6. The van der Waals surface area contributed by atoms with Gasteiger partial charge in [-0.05, 0) is 61.4 Å². The van der Waals surface area contributed by atoms with Crippen LogP contribution in [-0.4, -0.2) is 4.98 Å². The number of fused-ring (bicyclic) bond motifs is 1. The Labute approximate surface area is 90.5 Å². The zero-order valence-corrected chi connectivity index (χ0v) is 9.65. The fraction of sp³-hybridized carbons (Fsp3) is 0.429. The second-order valence-electron chi connectivity index (χ2n) is 5.27. The molecule has 1 saturated carbocycles. The van der Waals surface area contributed by atoms with Crippen molar-refractivity contribution >= 4 is 10.9 Å². The number of benzene rings is 1. The van der Waals surface area contributed by atoms with E-state index in [1.54, 1.807) is 0 Å². The Morgan fingerprint density at radius 1 is 1.07 bits per heavy atom. The van der Waals surface area contributed by atoms with E-state index in [0.717, 1.165) is 0 Å². The molecule has 15 heavy (non-hydrogen) atoms. The summed E-state index contributed by atoms with van der Waals surface area (Å²) in [5.41, 5.74) is 5.91. The Morgan fingerprint density at radius 3 is 2.40 bits per heavy atom. The lowest BCUT2D eigenvalue weighted by Crippen LogP contribution is -1.98. The molecule has 3 rings (SSSR count). The van der Waals surface area contributed by atoms with E-state index in [0.29, 0.717) is 5.41 Å². The normalized spacial score (nSPS) is 18.3. The lowest BCUT2D eigenvalue weighted by atomic mass is 10.0. The highest BCUT2D eigenvalue weighted by molar-refractivity contribution is 5.82. The fourth-order valence-corrected chi connectivity index (χ4v) is 2.18. The second kappa shape index (κ2) is 2.66. The van der Waals surface area contributed by atoms with Crippen LogP contribution in [0.15, 0.2) is 18.2 Å². The first-order chi connectivity index (χ1) is 7.08. The monoisotopic (exact) mass is 199 g/mol. The van der Waals surface area contributed by atoms with Gasteiger partial charge in [-0.2, -0.15) is 0 Å². The first-order valence-electron chi connectivity index (χ1n) is 5.69. The van der Waals surface area contributed by atoms with Crippen molar-refractivity contribution in [3.63, 3.8) is 0 Å². The van der Waals surface area contributed by atoms with Crippen LogP contribution < -0.4 is 0 Å². The Balaban J connectivity index is 2.22. The highest BCUT2D eigenvalue weighted by Crippen LogP contribution is 2.47. The van der Waals surface area contributed by atoms with Crippen LogP contribution in [0, 0.1) is 13.8 Å². The predicted octanol–water partition coefficient (Wildman–Crippen LogP) is 3.84. The second-order valence-corrected chi connectivity index (χ2v) is 5.27. The van der Waals surface area contributed by atoms with Crippen LogP contribution >= 0.6 is 0 Å². The minimum Gasteiger partial charge on any atom is -0.358 e. The molecule has 0 atom stereocenters. The summed E-state index contributed by atoms with van der Waals surface area (Å²) in [4.78, 5) is 3.57. The highest BCUT2D eigenvalue weighted by atomic mass is 14.8. The molecular formula is C14H17N. The van der Waals surface area contributed by atoms with Crippen molar-refractivity contribution in [2.75, 3.05) is 0 Å². The molecule has 1 aliphatic carbocycles. The van der Waals surface area contributed by atoms with Crippen molar-refractivity contribution in [1.82, 2.24) is 4.98 Å². The summed E-state index contributed by atoms with van der Waals surface area (Å²) in [6, 6.07) is 6.88. The third kappa shape index (κ3) is 1.30. The van der Waals surface area contributed by atoms with Gasteiger partial charge >= 0.3 is 0 Å². The minimum atomic E-state index is 0.445. The number of aromatic amines is 1. The molecule has 0 aliphatic heterocycles. The third-order valence-electron chi connectivity index (χ3n) is 3.89. The summed E-state index contributed by atoms with van der Waals surface area (Å²) in [7, 11) is 0. The molecule has 0 spiro atoms. The number of hydrogen-bond donors (Lipinski definition) is 1. The van der Waals surface area contributed by atoms with Crippen LogP contribution in [0.3, 0.4) is 0 Å². The molecule has 2 aromatic rings. The molecule has 1 N–H and O–H groups in total. The van der Waals surface area contributed by atoms with Crippen molar-refractivity contribution in [2.24, 2.45) is 0 Å². The van der Waals surface area contributed by atoms with E-state index in [1.165, 1.54) is 40.6 Å². The number of hydrogen-bond acceptors (Lipinski definition) is 0. The molecule has 1 aliphatic rings. The van der Waals surface area contributed by atoms with Gasteiger partial charge in [0.2, 0.25) is 0 Å². The fourth-order valence-electron chi connectivity index (χ4n) is 2.18. The average Bonchev–Trinajstić information content (AvgIpc) is 2.78. The number of rotatable bonds is 1. The van der Waals surface area contributed by atoms with Gasteiger partial charge < -0.3 is 4.98 Å². The van der Waals surface area contributed by atoms with E-state index in [4.69, 9.17) is 0 Å². The van der Waals surface area contributed by atoms with Gasteiger partial charge in [-0.3, -0.25) is 0 Å². The summed E-state index contributed by atoms with van der Waals surface area (Å²) in [6.07, 6.45) is 2.66. The van der Waals surface area contributed by atoms with E-state index in [9.17, 15) is 0 Å². The Hall–Kier alpha value is -1.24. The minimum absolute atomic E-state index is 0.445. The third-order valence-corrected chi connectivity index (χ3v) is 3.89. The van der Waals surface area contributed by atoms with Gasteiger partial charge in [-0.25, -0.2) is 0 Å².